The van der Waals surface area contributed by atoms with Crippen LogP contribution in [0.1, 0.15) is 54.1 Å². The highest BCUT2D eigenvalue weighted by molar-refractivity contribution is 5.94. The quantitative estimate of drug-likeness (QED) is 0.257. The molecule has 3 rings (SSSR count). The fourth-order valence-electron chi connectivity index (χ4n) is 2.99. The van der Waals surface area contributed by atoms with Crippen LogP contribution in [-0.4, -0.2) is 30.3 Å². The van der Waals surface area contributed by atoms with Crippen LogP contribution in [0.25, 0.3) is 0 Å². The molecule has 1 unspecified atom stereocenters. The van der Waals surface area contributed by atoms with Gasteiger partial charge in [0.1, 0.15) is 11.5 Å². The molecule has 6 nitrogen and oxygen atoms in total. The number of rotatable bonds is 11. The summed E-state index contributed by atoms with van der Waals surface area (Å²) in [7, 11) is 0. The van der Waals surface area contributed by atoms with Crippen molar-refractivity contribution in [2.45, 2.75) is 32.6 Å². The lowest BCUT2D eigenvalue weighted by atomic mass is 9.99. The highest BCUT2D eigenvalue weighted by atomic mass is 16.5. The van der Waals surface area contributed by atoms with E-state index in [9.17, 15) is 4.79 Å². The fraction of sp³-hybridized carbons (Fsp3) is 0.269. The Morgan fingerprint density at radius 1 is 1.03 bits per heavy atom. The van der Waals surface area contributed by atoms with Gasteiger partial charge in [0.05, 0.1) is 19.4 Å². The molecule has 0 aliphatic rings. The van der Waals surface area contributed by atoms with E-state index in [4.69, 9.17) is 9.47 Å². The Hall–Kier alpha value is -3.67. The number of hydrogen-bond donors (Lipinski definition) is 1. The predicted molar refractivity (Wildman–Crippen MR) is 126 cm³/mol. The van der Waals surface area contributed by atoms with E-state index >= 15 is 0 Å². The number of hydrogen-bond acceptors (Lipinski definition) is 5. The second-order valence-electron chi connectivity index (χ2n) is 7.44. The number of carbonyl (C=O) groups is 1. The van der Waals surface area contributed by atoms with Gasteiger partial charge in [-0.25, -0.2) is 5.43 Å². The van der Waals surface area contributed by atoms with Crippen molar-refractivity contribution in [3.05, 3.63) is 89.7 Å². The number of ether oxygens (including phenoxy) is 2. The Kier molecular flexibility index (Phi) is 8.80. The van der Waals surface area contributed by atoms with Gasteiger partial charge in [0.15, 0.2) is 0 Å². The van der Waals surface area contributed by atoms with Crippen molar-refractivity contribution in [2.75, 3.05) is 13.2 Å². The molecule has 32 heavy (non-hydrogen) atoms. The lowest BCUT2D eigenvalue weighted by Crippen LogP contribution is -2.17. The Bertz CT molecular complexity index is 1000. The third-order valence-corrected chi connectivity index (χ3v) is 5.07. The van der Waals surface area contributed by atoms with Gasteiger partial charge in [-0.05, 0) is 59.9 Å². The van der Waals surface area contributed by atoms with Crippen LogP contribution in [0.15, 0.2) is 78.2 Å². The third-order valence-electron chi connectivity index (χ3n) is 5.07. The summed E-state index contributed by atoms with van der Waals surface area (Å²) in [4.78, 5) is 15.9. The number of hydrazone groups is 1. The summed E-state index contributed by atoms with van der Waals surface area (Å²) in [6, 6.07) is 19.1. The van der Waals surface area contributed by atoms with Gasteiger partial charge in [0, 0.05) is 24.4 Å². The largest absolute Gasteiger partial charge is 0.493 e. The van der Waals surface area contributed by atoms with Crippen LogP contribution < -0.4 is 14.9 Å². The molecule has 0 radical (unpaired) electrons. The second kappa shape index (κ2) is 12.2. The van der Waals surface area contributed by atoms with Crippen molar-refractivity contribution < 1.29 is 14.3 Å². The smallest absolute Gasteiger partial charge is 0.271 e. The topological polar surface area (TPSA) is 72.8 Å². The van der Waals surface area contributed by atoms with Crippen LogP contribution in [0.2, 0.25) is 0 Å². The van der Waals surface area contributed by atoms with Crippen molar-refractivity contribution in [1.29, 1.82) is 0 Å². The molecule has 0 fully saturated rings. The second-order valence-corrected chi connectivity index (χ2v) is 7.44. The maximum absolute atomic E-state index is 12.0. The molecule has 0 spiro atoms. The van der Waals surface area contributed by atoms with Crippen LogP contribution in [0.5, 0.6) is 11.5 Å². The Morgan fingerprint density at radius 2 is 1.75 bits per heavy atom. The summed E-state index contributed by atoms with van der Waals surface area (Å²) in [5.41, 5.74) is 5.17. The molecular weight excluding hydrogens is 402 g/mol. The average molecular weight is 432 g/mol. The maximum Gasteiger partial charge on any atom is 0.271 e. The molecule has 1 amide bonds. The van der Waals surface area contributed by atoms with Gasteiger partial charge >= 0.3 is 0 Å². The van der Waals surface area contributed by atoms with Gasteiger partial charge in [-0.3, -0.25) is 9.78 Å². The molecule has 0 saturated heterocycles. The molecule has 0 bridgehead atoms. The minimum atomic E-state index is -0.287. The van der Waals surface area contributed by atoms with Crippen molar-refractivity contribution in [3.63, 3.8) is 0 Å². The number of aromatic nitrogens is 1. The molecule has 2 aromatic carbocycles. The average Bonchev–Trinajstić information content (AvgIpc) is 2.84. The molecule has 1 atom stereocenters. The minimum Gasteiger partial charge on any atom is -0.493 e. The highest BCUT2D eigenvalue weighted by Crippen LogP contribution is 2.21. The van der Waals surface area contributed by atoms with E-state index in [-0.39, 0.29) is 5.91 Å². The standard InChI is InChI=1S/C26H29N3O3/c1-3-20(2)22-8-10-24(11-9-22)31-16-5-17-32-25-7-4-6-21(18-25)19-28-29-26(30)23-12-14-27-15-13-23/h4,6-15,18-20H,3,5,16-17H2,1-2H3,(H,29,30). The van der Waals surface area contributed by atoms with Crippen LogP contribution in [0.3, 0.4) is 0 Å². The van der Waals surface area contributed by atoms with Crippen LogP contribution in [0, 0.1) is 0 Å². The van der Waals surface area contributed by atoms with Crippen LogP contribution >= 0.6 is 0 Å². The van der Waals surface area contributed by atoms with E-state index < -0.39 is 0 Å². The third kappa shape index (κ3) is 7.23. The number of amides is 1. The van der Waals surface area contributed by atoms with E-state index in [1.807, 2.05) is 36.4 Å². The first-order valence-electron chi connectivity index (χ1n) is 10.8. The van der Waals surface area contributed by atoms with Crippen LogP contribution in [-0.2, 0) is 0 Å². The molecule has 0 aliphatic carbocycles. The lowest BCUT2D eigenvalue weighted by molar-refractivity contribution is 0.0955. The molecule has 0 aliphatic heterocycles. The maximum atomic E-state index is 12.0. The summed E-state index contributed by atoms with van der Waals surface area (Å²) in [6.07, 6.45) is 6.61. The number of nitrogens with zero attached hydrogens (tertiary/aromatic N) is 2. The first-order chi connectivity index (χ1) is 15.7. The molecule has 6 heteroatoms. The Morgan fingerprint density at radius 3 is 2.47 bits per heavy atom. The normalized spacial score (nSPS) is 11.8. The van der Waals surface area contributed by atoms with Crippen molar-refractivity contribution in [2.24, 2.45) is 5.10 Å². The zero-order chi connectivity index (χ0) is 22.6. The summed E-state index contributed by atoms with van der Waals surface area (Å²) in [5.74, 6) is 1.90. The number of pyridine rings is 1. The predicted octanol–water partition coefficient (Wildman–Crippen LogP) is 5.21. The number of benzene rings is 2. The molecular formula is C26H29N3O3. The van der Waals surface area contributed by atoms with Gasteiger partial charge in [-0.1, -0.05) is 38.1 Å². The summed E-state index contributed by atoms with van der Waals surface area (Å²) in [5, 5.41) is 4.00. The Labute approximate surface area is 189 Å². The van der Waals surface area contributed by atoms with Crippen LogP contribution in [0.4, 0.5) is 0 Å². The monoisotopic (exact) mass is 431 g/mol. The van der Waals surface area contributed by atoms with Crippen molar-refractivity contribution in [1.82, 2.24) is 10.4 Å². The molecule has 1 aromatic heterocycles. The van der Waals surface area contributed by atoms with Gasteiger partial charge < -0.3 is 9.47 Å². The first kappa shape index (κ1) is 23.0. The lowest BCUT2D eigenvalue weighted by Gasteiger charge is -2.11. The molecule has 166 valence electrons. The van der Waals surface area contributed by atoms with Gasteiger partial charge in [-0.15, -0.1) is 0 Å². The van der Waals surface area contributed by atoms with Gasteiger partial charge in [0.2, 0.25) is 0 Å². The van der Waals surface area contributed by atoms with Crippen molar-refractivity contribution >= 4 is 12.1 Å². The molecule has 1 N–H and O–H groups in total. The first-order valence-corrected chi connectivity index (χ1v) is 10.8. The van der Waals surface area contributed by atoms with E-state index in [0.717, 1.165) is 29.9 Å². The SMILES string of the molecule is CCC(C)c1ccc(OCCCOc2cccc(C=NNC(=O)c3ccncc3)c2)cc1. The summed E-state index contributed by atoms with van der Waals surface area (Å²) < 4.78 is 11.6. The molecule has 3 aromatic rings. The Balaban J connectivity index is 1.39. The number of carbonyl (C=O) groups excluding carboxylic acids is 1. The van der Waals surface area contributed by atoms with Gasteiger partial charge in [-0.2, -0.15) is 5.10 Å². The zero-order valence-electron chi connectivity index (χ0n) is 18.5. The zero-order valence-corrected chi connectivity index (χ0v) is 18.5. The summed E-state index contributed by atoms with van der Waals surface area (Å²) in [6.45, 7) is 5.56. The van der Waals surface area contributed by atoms with E-state index in [0.29, 0.717) is 24.7 Å². The molecule has 0 saturated carbocycles. The fourth-order valence-corrected chi connectivity index (χ4v) is 2.99. The summed E-state index contributed by atoms with van der Waals surface area (Å²) >= 11 is 0. The van der Waals surface area contributed by atoms with E-state index in [1.54, 1.807) is 30.7 Å². The number of nitrogens with one attached hydrogen (secondary N) is 1. The van der Waals surface area contributed by atoms with E-state index in [2.05, 4.69) is 41.5 Å². The molecule has 1 heterocycles. The van der Waals surface area contributed by atoms with Crippen molar-refractivity contribution in [3.8, 4) is 11.5 Å². The van der Waals surface area contributed by atoms with Gasteiger partial charge in [0.25, 0.3) is 5.91 Å². The highest BCUT2D eigenvalue weighted by Gasteiger charge is 2.04. The minimum absolute atomic E-state index is 0.287. The van der Waals surface area contributed by atoms with E-state index in [1.165, 1.54) is 5.56 Å².